The van der Waals surface area contributed by atoms with Gasteiger partial charge in [-0.1, -0.05) is 18.2 Å². The van der Waals surface area contributed by atoms with Gasteiger partial charge < -0.3 is 17.2 Å². The quantitative estimate of drug-likeness (QED) is 0.569. The molecule has 0 aliphatic carbocycles. The van der Waals surface area contributed by atoms with Gasteiger partial charge in [-0.2, -0.15) is 26.3 Å². The van der Waals surface area contributed by atoms with Crippen molar-refractivity contribution in [1.29, 1.82) is 0 Å². The highest BCUT2D eigenvalue weighted by molar-refractivity contribution is 5.63. The zero-order valence-electron chi connectivity index (χ0n) is 12.0. The number of alkyl halides is 6. The zero-order chi connectivity index (χ0) is 18.3. The standard InChI is InChI=1S/C15H13F6N3/c16-14(17,18)13(15(19,20)21,8-1-3-9(22)4-2-8)11-6-5-10(23)7-12(11)24/h1-7H,22-24H2. The summed E-state index contributed by atoms with van der Waals surface area (Å²) in [6.45, 7) is 0. The van der Waals surface area contributed by atoms with Crippen LogP contribution in [0, 0.1) is 0 Å². The highest BCUT2D eigenvalue weighted by Gasteiger charge is 2.73. The van der Waals surface area contributed by atoms with Gasteiger partial charge in [-0.15, -0.1) is 0 Å². The summed E-state index contributed by atoms with van der Waals surface area (Å²) < 4.78 is 82.7. The molecule has 0 amide bonds. The van der Waals surface area contributed by atoms with Crippen LogP contribution in [0.3, 0.4) is 0 Å². The number of benzene rings is 2. The molecule has 130 valence electrons. The third-order valence-corrected chi connectivity index (χ3v) is 3.67. The van der Waals surface area contributed by atoms with E-state index in [0.29, 0.717) is 18.2 Å². The Morgan fingerprint density at radius 1 is 0.625 bits per heavy atom. The monoisotopic (exact) mass is 349 g/mol. The minimum Gasteiger partial charge on any atom is -0.399 e. The Morgan fingerprint density at radius 2 is 1.08 bits per heavy atom. The normalized spacial score (nSPS) is 13.1. The third-order valence-electron chi connectivity index (χ3n) is 3.67. The van der Waals surface area contributed by atoms with Gasteiger partial charge in [0.25, 0.3) is 0 Å². The Balaban J connectivity index is 2.94. The van der Waals surface area contributed by atoms with Crippen LogP contribution in [0.15, 0.2) is 42.5 Å². The Labute approximate surface area is 133 Å². The fraction of sp³-hybridized carbons (Fsp3) is 0.200. The van der Waals surface area contributed by atoms with E-state index in [1.807, 2.05) is 0 Å². The molecule has 24 heavy (non-hydrogen) atoms. The maximum absolute atomic E-state index is 13.8. The molecule has 3 nitrogen and oxygen atoms in total. The summed E-state index contributed by atoms with van der Waals surface area (Å²) in [4.78, 5) is 0. The molecule has 0 saturated heterocycles. The lowest BCUT2D eigenvalue weighted by molar-refractivity contribution is -0.288. The molecule has 0 radical (unpaired) electrons. The van der Waals surface area contributed by atoms with Crippen LogP contribution in [0.25, 0.3) is 0 Å². The van der Waals surface area contributed by atoms with Crippen molar-refractivity contribution in [3.63, 3.8) is 0 Å². The number of nitrogen functional groups attached to an aromatic ring is 3. The first kappa shape index (κ1) is 17.8. The SMILES string of the molecule is Nc1ccc(C(c2ccc(N)cc2N)(C(F)(F)F)C(F)(F)F)cc1. The van der Waals surface area contributed by atoms with Gasteiger partial charge in [0, 0.05) is 22.6 Å². The van der Waals surface area contributed by atoms with Crippen molar-refractivity contribution < 1.29 is 26.3 Å². The van der Waals surface area contributed by atoms with E-state index in [4.69, 9.17) is 17.2 Å². The summed E-state index contributed by atoms with van der Waals surface area (Å²) in [7, 11) is 0. The molecule has 9 heteroatoms. The van der Waals surface area contributed by atoms with E-state index in [0.717, 1.165) is 24.3 Å². The van der Waals surface area contributed by atoms with Crippen LogP contribution >= 0.6 is 0 Å². The van der Waals surface area contributed by atoms with E-state index < -0.39 is 34.6 Å². The van der Waals surface area contributed by atoms with Crippen molar-refractivity contribution in [3.8, 4) is 0 Å². The van der Waals surface area contributed by atoms with Crippen molar-refractivity contribution in [3.05, 3.63) is 53.6 Å². The molecule has 6 N–H and O–H groups in total. The minimum atomic E-state index is -5.70. The van der Waals surface area contributed by atoms with E-state index in [-0.39, 0.29) is 11.4 Å². The van der Waals surface area contributed by atoms with Gasteiger partial charge in [0.2, 0.25) is 5.41 Å². The smallest absolute Gasteiger partial charge is 0.399 e. The lowest BCUT2D eigenvalue weighted by Gasteiger charge is -2.39. The minimum absolute atomic E-state index is 0.0299. The first-order chi connectivity index (χ1) is 10.9. The van der Waals surface area contributed by atoms with E-state index in [2.05, 4.69) is 0 Å². The summed E-state index contributed by atoms with van der Waals surface area (Å²) in [5.74, 6) is 0. The molecule has 2 aromatic carbocycles. The van der Waals surface area contributed by atoms with Crippen molar-refractivity contribution in [2.24, 2.45) is 0 Å². The molecule has 2 rings (SSSR count). The third kappa shape index (κ3) is 2.59. The predicted octanol–water partition coefficient (Wildman–Crippen LogP) is 3.84. The van der Waals surface area contributed by atoms with Gasteiger partial charge >= 0.3 is 12.4 Å². The Hall–Kier alpha value is -2.58. The lowest BCUT2D eigenvalue weighted by Crippen LogP contribution is -2.55. The van der Waals surface area contributed by atoms with Crippen LogP contribution in [-0.4, -0.2) is 12.4 Å². The zero-order valence-corrected chi connectivity index (χ0v) is 12.0. The van der Waals surface area contributed by atoms with Crippen LogP contribution in [-0.2, 0) is 5.41 Å². The van der Waals surface area contributed by atoms with Crippen molar-refractivity contribution in [2.75, 3.05) is 17.2 Å². The van der Waals surface area contributed by atoms with Crippen LogP contribution in [0.1, 0.15) is 11.1 Å². The van der Waals surface area contributed by atoms with Gasteiger partial charge in [0.1, 0.15) is 0 Å². The summed E-state index contributed by atoms with van der Waals surface area (Å²) in [6, 6.07) is 5.75. The average molecular weight is 349 g/mol. The molecular weight excluding hydrogens is 336 g/mol. The van der Waals surface area contributed by atoms with Crippen LogP contribution in [0.5, 0.6) is 0 Å². The van der Waals surface area contributed by atoms with Crippen LogP contribution in [0.4, 0.5) is 43.4 Å². The van der Waals surface area contributed by atoms with Crippen molar-refractivity contribution in [2.45, 2.75) is 17.8 Å². The fourth-order valence-corrected chi connectivity index (χ4v) is 2.60. The molecule has 0 aliphatic rings. The van der Waals surface area contributed by atoms with E-state index in [1.54, 1.807) is 0 Å². The predicted molar refractivity (Wildman–Crippen MR) is 79.0 cm³/mol. The van der Waals surface area contributed by atoms with Gasteiger partial charge in [0.15, 0.2) is 0 Å². The lowest BCUT2D eigenvalue weighted by atomic mass is 9.72. The van der Waals surface area contributed by atoms with Crippen molar-refractivity contribution >= 4 is 17.1 Å². The van der Waals surface area contributed by atoms with E-state index in [9.17, 15) is 26.3 Å². The van der Waals surface area contributed by atoms with Crippen LogP contribution in [0.2, 0.25) is 0 Å². The second-order valence-corrected chi connectivity index (χ2v) is 5.21. The van der Waals surface area contributed by atoms with E-state index >= 15 is 0 Å². The maximum Gasteiger partial charge on any atom is 0.411 e. The largest absolute Gasteiger partial charge is 0.411 e. The molecule has 0 heterocycles. The van der Waals surface area contributed by atoms with Gasteiger partial charge in [-0.25, -0.2) is 0 Å². The number of hydrogen-bond acceptors (Lipinski definition) is 3. The first-order valence-corrected chi connectivity index (χ1v) is 6.56. The number of rotatable bonds is 2. The van der Waals surface area contributed by atoms with Gasteiger partial charge in [-0.3, -0.25) is 0 Å². The average Bonchev–Trinajstić information content (AvgIpc) is 2.40. The molecular formula is C15H13F6N3. The molecule has 0 spiro atoms. The summed E-state index contributed by atoms with van der Waals surface area (Å²) in [5, 5.41) is 0. The first-order valence-electron chi connectivity index (χ1n) is 6.56. The summed E-state index contributed by atoms with van der Waals surface area (Å²) in [6.07, 6.45) is -11.4. The maximum atomic E-state index is 13.8. The molecule has 0 bridgehead atoms. The molecule has 0 aliphatic heterocycles. The number of halogens is 6. The molecule has 0 unspecified atom stereocenters. The molecule has 0 fully saturated rings. The molecule has 0 saturated carbocycles. The molecule has 0 aromatic heterocycles. The van der Waals surface area contributed by atoms with Crippen LogP contribution < -0.4 is 17.2 Å². The number of nitrogens with two attached hydrogens (primary N) is 3. The van der Waals surface area contributed by atoms with Gasteiger partial charge in [0.05, 0.1) is 0 Å². The number of hydrogen-bond donors (Lipinski definition) is 3. The Bertz CT molecular complexity index is 720. The molecule has 2 aromatic rings. The summed E-state index contributed by atoms with van der Waals surface area (Å²) >= 11 is 0. The molecule has 0 atom stereocenters. The number of anilines is 3. The Morgan fingerprint density at radius 3 is 1.50 bits per heavy atom. The second kappa shape index (κ2) is 5.50. The van der Waals surface area contributed by atoms with Gasteiger partial charge in [-0.05, 0) is 29.8 Å². The topological polar surface area (TPSA) is 78.1 Å². The second-order valence-electron chi connectivity index (χ2n) is 5.21. The van der Waals surface area contributed by atoms with Crippen molar-refractivity contribution in [1.82, 2.24) is 0 Å². The highest BCUT2D eigenvalue weighted by Crippen LogP contribution is 2.57. The highest BCUT2D eigenvalue weighted by atomic mass is 19.4. The fourth-order valence-electron chi connectivity index (χ4n) is 2.60. The Kier molecular flexibility index (Phi) is 4.07. The van der Waals surface area contributed by atoms with E-state index in [1.165, 1.54) is 0 Å². The summed E-state index contributed by atoms with van der Waals surface area (Å²) in [5.41, 5.74) is 9.03.